The minimum absolute atomic E-state index is 0.305. The zero-order valence-corrected chi connectivity index (χ0v) is 22.1. The molecule has 1 aliphatic carbocycles. The molecule has 2 aromatic rings. The number of benzene rings is 1. The van der Waals surface area contributed by atoms with Gasteiger partial charge in [-0.25, -0.2) is 0 Å². The average molecular weight is 486 g/mol. The van der Waals surface area contributed by atoms with E-state index in [0.717, 1.165) is 35.9 Å². The number of likely N-dealkylation sites (tertiary alicyclic amines) is 1. The minimum atomic E-state index is 0.305. The molecule has 188 valence electrons. The highest BCUT2D eigenvalue weighted by Crippen LogP contribution is 2.36. The number of rotatable bonds is 11. The molecule has 0 amide bonds. The lowest BCUT2D eigenvalue weighted by Gasteiger charge is -2.39. The fourth-order valence-electron chi connectivity index (χ4n) is 5.98. The first-order chi connectivity index (χ1) is 16.6. The Morgan fingerprint density at radius 1 is 1.18 bits per heavy atom. The smallest absolute Gasteiger partial charge is 0.119 e. The summed E-state index contributed by atoms with van der Waals surface area (Å²) in [7, 11) is 6.06. The van der Waals surface area contributed by atoms with Gasteiger partial charge in [-0.1, -0.05) is 12.8 Å². The Morgan fingerprint density at radius 2 is 2.00 bits per heavy atom. The van der Waals surface area contributed by atoms with Crippen molar-refractivity contribution < 1.29 is 9.84 Å². The van der Waals surface area contributed by atoms with E-state index in [1.807, 2.05) is 18.3 Å². The number of pyridine rings is 1. The van der Waals surface area contributed by atoms with E-state index in [1.54, 1.807) is 7.11 Å². The third kappa shape index (κ3) is 6.45. The maximum absolute atomic E-state index is 10.2. The van der Waals surface area contributed by atoms with Crippen molar-refractivity contribution in [2.45, 2.75) is 56.2 Å². The van der Waals surface area contributed by atoms with Crippen molar-refractivity contribution in [3.63, 3.8) is 0 Å². The zero-order valence-electron chi connectivity index (χ0n) is 21.3. The van der Waals surface area contributed by atoms with Crippen LogP contribution in [0.4, 0.5) is 0 Å². The van der Waals surface area contributed by atoms with Gasteiger partial charge in [0.2, 0.25) is 0 Å². The molecule has 0 bridgehead atoms. The molecule has 1 aromatic carbocycles. The summed E-state index contributed by atoms with van der Waals surface area (Å²) >= 11 is 2.18. The van der Waals surface area contributed by atoms with Crippen LogP contribution in [0.15, 0.2) is 30.5 Å². The summed E-state index contributed by atoms with van der Waals surface area (Å²) < 4.78 is 5.49. The van der Waals surface area contributed by atoms with Crippen LogP contribution in [0.25, 0.3) is 10.9 Å². The molecule has 6 heteroatoms. The van der Waals surface area contributed by atoms with E-state index in [1.165, 1.54) is 61.9 Å². The standard InChI is InChI=1S/C28H43N3O2S/c1-30(2)28(25-12-14-29-27-10-9-23(33-3)18-26(25)27)11-8-21-13-15-31(19-22(21)20-32)16-17-34-24-6-4-5-7-24/h9-10,12,14,18,21-22,24,28,32H,4-8,11,13,15-17,19-20H2,1-3H3/t21-,22-,28+/m1/s1. The first-order valence-corrected chi connectivity index (χ1v) is 14.2. The second-order valence-electron chi connectivity index (χ2n) is 10.4. The number of fused-ring (bicyclic) bond motifs is 1. The van der Waals surface area contributed by atoms with Gasteiger partial charge < -0.3 is 19.6 Å². The topological polar surface area (TPSA) is 48.8 Å². The second kappa shape index (κ2) is 12.6. The van der Waals surface area contributed by atoms with Crippen molar-refractivity contribution in [2.75, 3.05) is 53.2 Å². The normalized spacial score (nSPS) is 23.1. The van der Waals surface area contributed by atoms with Crippen molar-refractivity contribution in [1.82, 2.24) is 14.8 Å². The van der Waals surface area contributed by atoms with Crippen LogP contribution in [0.2, 0.25) is 0 Å². The molecule has 0 spiro atoms. The molecule has 5 nitrogen and oxygen atoms in total. The van der Waals surface area contributed by atoms with Gasteiger partial charge >= 0.3 is 0 Å². The molecule has 1 aliphatic heterocycles. The summed E-state index contributed by atoms with van der Waals surface area (Å²) in [5, 5.41) is 12.3. The van der Waals surface area contributed by atoms with E-state index >= 15 is 0 Å². The Labute approximate surface area is 210 Å². The zero-order chi connectivity index (χ0) is 23.9. The molecule has 3 atom stereocenters. The Morgan fingerprint density at radius 3 is 2.74 bits per heavy atom. The first kappa shape index (κ1) is 25.7. The van der Waals surface area contributed by atoms with Crippen LogP contribution in [0, 0.1) is 11.8 Å². The molecule has 34 heavy (non-hydrogen) atoms. The lowest BCUT2D eigenvalue weighted by Crippen LogP contribution is -2.43. The van der Waals surface area contributed by atoms with Crippen molar-refractivity contribution in [3.05, 3.63) is 36.0 Å². The number of methoxy groups -OCH3 is 1. The fourth-order valence-corrected chi connectivity index (χ4v) is 7.34. The summed E-state index contributed by atoms with van der Waals surface area (Å²) in [6.45, 7) is 3.71. The van der Waals surface area contributed by atoms with E-state index in [2.05, 4.69) is 52.8 Å². The highest BCUT2D eigenvalue weighted by molar-refractivity contribution is 7.99. The van der Waals surface area contributed by atoms with Gasteiger partial charge in [0.05, 0.1) is 12.6 Å². The fraction of sp³-hybridized carbons (Fsp3) is 0.679. The predicted octanol–water partition coefficient (Wildman–Crippen LogP) is 5.23. The van der Waals surface area contributed by atoms with Crippen LogP contribution in [0.1, 0.15) is 56.6 Å². The Bertz CT molecular complexity index is 902. The number of hydrogen-bond donors (Lipinski definition) is 1. The third-order valence-corrected chi connectivity index (χ3v) is 9.41. The molecule has 1 saturated carbocycles. The molecule has 2 fully saturated rings. The van der Waals surface area contributed by atoms with Crippen LogP contribution < -0.4 is 4.74 Å². The van der Waals surface area contributed by atoms with Crippen LogP contribution in [0.5, 0.6) is 5.75 Å². The van der Waals surface area contributed by atoms with Crippen LogP contribution in [-0.4, -0.2) is 78.3 Å². The number of ether oxygens (including phenoxy) is 1. The van der Waals surface area contributed by atoms with Crippen LogP contribution in [-0.2, 0) is 0 Å². The number of aliphatic hydroxyl groups excluding tert-OH is 1. The second-order valence-corrected chi connectivity index (χ2v) is 11.8. The van der Waals surface area contributed by atoms with Gasteiger partial charge in [0, 0.05) is 48.3 Å². The average Bonchev–Trinajstić information content (AvgIpc) is 3.38. The summed E-state index contributed by atoms with van der Waals surface area (Å²) in [4.78, 5) is 9.51. The molecular formula is C28H43N3O2S. The largest absolute Gasteiger partial charge is 0.497 e. The molecule has 1 saturated heterocycles. The monoisotopic (exact) mass is 485 g/mol. The number of nitrogens with zero attached hydrogens (tertiary/aromatic N) is 3. The van der Waals surface area contributed by atoms with Crippen molar-refractivity contribution in [1.29, 1.82) is 0 Å². The summed E-state index contributed by atoms with van der Waals surface area (Å²) in [6.07, 6.45) is 11.0. The number of aromatic nitrogens is 1. The van der Waals surface area contributed by atoms with E-state index in [-0.39, 0.29) is 0 Å². The number of thioether (sulfide) groups is 1. The van der Waals surface area contributed by atoms with Gasteiger partial charge in [-0.3, -0.25) is 4.98 Å². The maximum atomic E-state index is 10.2. The van der Waals surface area contributed by atoms with Gasteiger partial charge in [-0.05, 0) is 94.4 Å². The summed E-state index contributed by atoms with van der Waals surface area (Å²) in [5.41, 5.74) is 2.33. The van der Waals surface area contributed by atoms with Crippen LogP contribution in [0.3, 0.4) is 0 Å². The molecule has 1 aromatic heterocycles. The Balaban J connectivity index is 1.36. The van der Waals surface area contributed by atoms with Gasteiger partial charge in [0.15, 0.2) is 0 Å². The molecule has 2 heterocycles. The van der Waals surface area contributed by atoms with Crippen molar-refractivity contribution in [2.24, 2.45) is 11.8 Å². The lowest BCUT2D eigenvalue weighted by atomic mass is 9.81. The molecular weight excluding hydrogens is 442 g/mol. The highest BCUT2D eigenvalue weighted by Gasteiger charge is 2.30. The highest BCUT2D eigenvalue weighted by atomic mass is 32.2. The van der Waals surface area contributed by atoms with E-state index in [4.69, 9.17) is 4.74 Å². The molecule has 1 N–H and O–H groups in total. The number of piperidine rings is 1. The number of aliphatic hydroxyl groups is 1. The quantitative estimate of drug-likeness (QED) is 0.470. The van der Waals surface area contributed by atoms with Gasteiger partial charge in [0.1, 0.15) is 5.75 Å². The van der Waals surface area contributed by atoms with E-state index < -0.39 is 0 Å². The van der Waals surface area contributed by atoms with Crippen molar-refractivity contribution in [3.8, 4) is 5.75 Å². The van der Waals surface area contributed by atoms with Gasteiger partial charge in [0.25, 0.3) is 0 Å². The lowest BCUT2D eigenvalue weighted by molar-refractivity contribution is 0.0671. The molecule has 0 radical (unpaired) electrons. The predicted molar refractivity (Wildman–Crippen MR) is 144 cm³/mol. The molecule has 0 unspecified atom stereocenters. The van der Waals surface area contributed by atoms with Gasteiger partial charge in [-0.2, -0.15) is 11.8 Å². The molecule has 2 aliphatic rings. The Kier molecular flexibility index (Phi) is 9.52. The molecule has 4 rings (SSSR count). The SMILES string of the molecule is COc1ccc2nccc([C@H](CC[C@@H]3CCN(CCSC4CCCC4)C[C@@H]3CO)N(C)C)c2c1. The summed E-state index contributed by atoms with van der Waals surface area (Å²) in [5.74, 6) is 3.10. The minimum Gasteiger partial charge on any atom is -0.497 e. The van der Waals surface area contributed by atoms with E-state index in [0.29, 0.717) is 24.5 Å². The summed E-state index contributed by atoms with van der Waals surface area (Å²) in [6, 6.07) is 8.63. The van der Waals surface area contributed by atoms with Crippen molar-refractivity contribution >= 4 is 22.7 Å². The van der Waals surface area contributed by atoms with Gasteiger partial charge in [-0.15, -0.1) is 0 Å². The third-order valence-electron chi connectivity index (χ3n) is 8.05. The maximum Gasteiger partial charge on any atom is 0.119 e. The van der Waals surface area contributed by atoms with Crippen LogP contribution >= 0.6 is 11.8 Å². The first-order valence-electron chi connectivity index (χ1n) is 13.1. The Hall–Kier alpha value is -1.34. The number of hydrogen-bond acceptors (Lipinski definition) is 6. The van der Waals surface area contributed by atoms with E-state index in [9.17, 15) is 5.11 Å².